The highest BCUT2D eigenvalue weighted by Crippen LogP contribution is 2.27. The molecule has 0 saturated heterocycles. The number of halogens is 1. The summed E-state index contributed by atoms with van der Waals surface area (Å²) in [5, 5.41) is 8.97. The van der Waals surface area contributed by atoms with Gasteiger partial charge in [-0.1, -0.05) is 18.2 Å². The highest BCUT2D eigenvalue weighted by atomic mass is 19.1. The van der Waals surface area contributed by atoms with E-state index in [1.54, 1.807) is 13.2 Å². The van der Waals surface area contributed by atoms with Crippen LogP contribution in [0.1, 0.15) is 24.2 Å². The van der Waals surface area contributed by atoms with Gasteiger partial charge in [0, 0.05) is 0 Å². The number of benzene rings is 2. The van der Waals surface area contributed by atoms with Gasteiger partial charge in [0.1, 0.15) is 35.1 Å². The van der Waals surface area contributed by atoms with Crippen molar-refractivity contribution in [1.29, 1.82) is 5.26 Å². The Morgan fingerprint density at radius 2 is 1.95 bits per heavy atom. The van der Waals surface area contributed by atoms with Crippen molar-refractivity contribution in [3.05, 3.63) is 59.4 Å². The molecule has 102 valence electrons. The van der Waals surface area contributed by atoms with Crippen molar-refractivity contribution < 1.29 is 13.9 Å². The topological polar surface area (TPSA) is 42.2 Å². The van der Waals surface area contributed by atoms with Crippen LogP contribution in [0.25, 0.3) is 0 Å². The summed E-state index contributed by atoms with van der Waals surface area (Å²) in [5.74, 6) is 0.378. The molecule has 2 aromatic carbocycles. The number of hydrogen-bond acceptors (Lipinski definition) is 3. The van der Waals surface area contributed by atoms with Gasteiger partial charge in [0.15, 0.2) is 0 Å². The Morgan fingerprint density at radius 1 is 1.20 bits per heavy atom. The van der Waals surface area contributed by atoms with E-state index in [-0.39, 0.29) is 17.4 Å². The van der Waals surface area contributed by atoms with Crippen LogP contribution in [-0.4, -0.2) is 7.11 Å². The van der Waals surface area contributed by atoms with Crippen molar-refractivity contribution in [1.82, 2.24) is 0 Å². The molecule has 2 rings (SSSR count). The lowest BCUT2D eigenvalue weighted by molar-refractivity contribution is 0.224. The number of hydrogen-bond donors (Lipinski definition) is 0. The first-order chi connectivity index (χ1) is 9.65. The van der Waals surface area contributed by atoms with E-state index in [0.29, 0.717) is 0 Å². The molecule has 1 unspecified atom stereocenters. The zero-order valence-corrected chi connectivity index (χ0v) is 11.3. The quantitative estimate of drug-likeness (QED) is 0.848. The predicted molar refractivity (Wildman–Crippen MR) is 73.2 cm³/mol. The van der Waals surface area contributed by atoms with Gasteiger partial charge in [0.25, 0.3) is 0 Å². The van der Waals surface area contributed by atoms with Gasteiger partial charge in [0.2, 0.25) is 0 Å². The third-order valence-electron chi connectivity index (χ3n) is 2.95. The first kappa shape index (κ1) is 13.9. The van der Waals surface area contributed by atoms with E-state index >= 15 is 0 Å². The fourth-order valence-corrected chi connectivity index (χ4v) is 1.86. The van der Waals surface area contributed by atoms with E-state index in [2.05, 4.69) is 0 Å². The summed E-state index contributed by atoms with van der Waals surface area (Å²) in [5.41, 5.74) is 0.805. The zero-order chi connectivity index (χ0) is 14.5. The van der Waals surface area contributed by atoms with Crippen molar-refractivity contribution in [2.75, 3.05) is 7.11 Å². The highest BCUT2D eigenvalue weighted by Gasteiger charge is 2.13. The van der Waals surface area contributed by atoms with Gasteiger partial charge >= 0.3 is 0 Å². The molecule has 0 bridgehead atoms. The molecule has 0 aliphatic heterocycles. The maximum absolute atomic E-state index is 13.5. The van der Waals surface area contributed by atoms with Crippen molar-refractivity contribution in [2.45, 2.75) is 13.0 Å². The largest absolute Gasteiger partial charge is 0.497 e. The summed E-state index contributed by atoms with van der Waals surface area (Å²) in [6, 6.07) is 13.6. The lowest BCUT2D eigenvalue weighted by Gasteiger charge is -2.16. The van der Waals surface area contributed by atoms with E-state index in [1.807, 2.05) is 37.3 Å². The van der Waals surface area contributed by atoms with Gasteiger partial charge in [0.05, 0.1) is 7.11 Å². The van der Waals surface area contributed by atoms with Crippen molar-refractivity contribution >= 4 is 0 Å². The van der Waals surface area contributed by atoms with Crippen molar-refractivity contribution in [3.63, 3.8) is 0 Å². The maximum Gasteiger partial charge on any atom is 0.144 e. The fourth-order valence-electron chi connectivity index (χ4n) is 1.86. The summed E-state index contributed by atoms with van der Waals surface area (Å²) in [6.07, 6.45) is -0.320. The van der Waals surface area contributed by atoms with Crippen LogP contribution in [-0.2, 0) is 0 Å². The molecule has 0 amide bonds. The normalized spacial score (nSPS) is 11.5. The van der Waals surface area contributed by atoms with Gasteiger partial charge in [-0.2, -0.15) is 5.26 Å². The van der Waals surface area contributed by atoms with Gasteiger partial charge in [-0.3, -0.25) is 0 Å². The number of methoxy groups -OCH3 is 1. The summed E-state index contributed by atoms with van der Waals surface area (Å²) in [6.45, 7) is 1.83. The van der Waals surface area contributed by atoms with E-state index in [9.17, 15) is 4.39 Å². The summed E-state index contributed by atoms with van der Waals surface area (Å²) in [7, 11) is 1.59. The lowest BCUT2D eigenvalue weighted by Crippen LogP contribution is -2.05. The Morgan fingerprint density at radius 3 is 2.65 bits per heavy atom. The highest BCUT2D eigenvalue weighted by molar-refractivity contribution is 5.44. The monoisotopic (exact) mass is 271 g/mol. The molecule has 0 spiro atoms. The number of nitriles is 1. The van der Waals surface area contributed by atoms with Gasteiger partial charge in [-0.15, -0.1) is 0 Å². The standard InChI is InChI=1S/C16H14FNO2/c1-11(12-5-3-6-13(9-12)19-2)20-16-8-4-7-15(17)14(16)10-18/h3-9,11H,1-2H3. The molecule has 0 saturated carbocycles. The Kier molecular flexibility index (Phi) is 4.21. The summed E-state index contributed by atoms with van der Waals surface area (Å²) in [4.78, 5) is 0. The summed E-state index contributed by atoms with van der Waals surface area (Å²) >= 11 is 0. The van der Waals surface area contributed by atoms with E-state index < -0.39 is 5.82 Å². The van der Waals surface area contributed by atoms with Gasteiger partial charge in [-0.25, -0.2) is 4.39 Å². The minimum atomic E-state index is -0.581. The molecule has 4 heteroatoms. The van der Waals surface area contributed by atoms with Crippen LogP contribution in [0.5, 0.6) is 11.5 Å². The number of nitrogens with zero attached hydrogens (tertiary/aromatic N) is 1. The molecule has 3 nitrogen and oxygen atoms in total. The van der Waals surface area contributed by atoms with Crippen LogP contribution in [0.4, 0.5) is 4.39 Å². The first-order valence-corrected chi connectivity index (χ1v) is 6.15. The molecule has 0 radical (unpaired) electrons. The second-order valence-electron chi connectivity index (χ2n) is 4.26. The predicted octanol–water partition coefficient (Wildman–Crippen LogP) is 3.85. The lowest BCUT2D eigenvalue weighted by atomic mass is 10.1. The number of rotatable bonds is 4. The molecule has 0 fully saturated rings. The molecule has 2 aromatic rings. The van der Waals surface area contributed by atoms with E-state index in [4.69, 9.17) is 14.7 Å². The van der Waals surface area contributed by atoms with Crippen LogP contribution in [0.3, 0.4) is 0 Å². The van der Waals surface area contributed by atoms with Gasteiger partial charge < -0.3 is 9.47 Å². The Labute approximate surface area is 117 Å². The van der Waals surface area contributed by atoms with E-state index in [0.717, 1.165) is 11.3 Å². The summed E-state index contributed by atoms with van der Waals surface area (Å²) < 4.78 is 24.3. The maximum atomic E-state index is 13.5. The second-order valence-corrected chi connectivity index (χ2v) is 4.26. The smallest absolute Gasteiger partial charge is 0.144 e. The first-order valence-electron chi connectivity index (χ1n) is 6.15. The Balaban J connectivity index is 2.26. The molecule has 0 aliphatic rings. The van der Waals surface area contributed by atoms with Crippen LogP contribution in [0, 0.1) is 17.1 Å². The second kappa shape index (κ2) is 6.07. The Hall–Kier alpha value is -2.54. The third-order valence-corrected chi connectivity index (χ3v) is 2.95. The van der Waals surface area contributed by atoms with Crippen molar-refractivity contribution in [3.8, 4) is 17.6 Å². The van der Waals surface area contributed by atoms with Crippen LogP contribution in [0.2, 0.25) is 0 Å². The van der Waals surface area contributed by atoms with Crippen LogP contribution >= 0.6 is 0 Å². The zero-order valence-electron chi connectivity index (χ0n) is 11.3. The molecule has 0 aromatic heterocycles. The van der Waals surface area contributed by atoms with Crippen LogP contribution in [0.15, 0.2) is 42.5 Å². The molecule has 0 N–H and O–H groups in total. The molecule has 0 heterocycles. The minimum absolute atomic E-state index is 0.0813. The molecule has 20 heavy (non-hydrogen) atoms. The van der Waals surface area contributed by atoms with Gasteiger partial charge in [-0.05, 0) is 36.8 Å². The average Bonchev–Trinajstić information content (AvgIpc) is 2.47. The third kappa shape index (κ3) is 2.89. The molecule has 1 atom stereocenters. The fraction of sp³-hybridized carbons (Fsp3) is 0.188. The van der Waals surface area contributed by atoms with E-state index in [1.165, 1.54) is 12.1 Å². The molecular formula is C16H14FNO2. The van der Waals surface area contributed by atoms with Crippen LogP contribution < -0.4 is 9.47 Å². The average molecular weight is 271 g/mol. The SMILES string of the molecule is COc1cccc(C(C)Oc2cccc(F)c2C#N)c1. The molecular weight excluding hydrogens is 257 g/mol. The molecule has 0 aliphatic carbocycles. The minimum Gasteiger partial charge on any atom is -0.497 e. The number of ether oxygens (including phenoxy) is 2. The Bertz CT molecular complexity index is 649. The van der Waals surface area contributed by atoms with Crippen molar-refractivity contribution in [2.24, 2.45) is 0 Å².